The zero-order valence-corrected chi connectivity index (χ0v) is 36.8. The van der Waals surface area contributed by atoms with Crippen molar-refractivity contribution in [3.63, 3.8) is 0 Å². The number of aryl methyl sites for hydroxylation is 3. The van der Waals surface area contributed by atoms with E-state index in [1.807, 2.05) is 6.08 Å². The van der Waals surface area contributed by atoms with Crippen LogP contribution in [-0.2, 0) is 0 Å². The first-order chi connectivity index (χ1) is 28.2. The fourth-order valence-corrected chi connectivity index (χ4v) is 8.08. The van der Waals surface area contributed by atoms with Gasteiger partial charge in [0.2, 0.25) is 5.82 Å². The molecule has 3 aliphatic rings. The van der Waals surface area contributed by atoms with Crippen LogP contribution in [0.2, 0.25) is 10.0 Å². The molecule has 3 saturated carbocycles. The summed E-state index contributed by atoms with van der Waals surface area (Å²) in [6, 6.07) is 8.36. The first kappa shape index (κ1) is 55.0. The Morgan fingerprint density at radius 2 is 0.935 bits per heavy atom. The highest BCUT2D eigenvalue weighted by atomic mass is 35.5. The predicted molar refractivity (Wildman–Crippen MR) is 242 cm³/mol. The molecule has 0 heterocycles. The van der Waals surface area contributed by atoms with Gasteiger partial charge in [0, 0.05) is 4.28 Å². The number of halogens is 10. The highest BCUT2D eigenvalue weighted by molar-refractivity contribution is 6.32. The minimum atomic E-state index is -3.36. The normalized spacial score (nSPS) is 22.8. The Hall–Kier alpha value is -3.18. The molecule has 356 valence electrons. The van der Waals surface area contributed by atoms with E-state index >= 15 is 0 Å². The molecule has 0 bridgehead atoms. The summed E-state index contributed by atoms with van der Waals surface area (Å²) in [5.74, 6) is -3.47. The molecular formula is C49H72Cl2F8O3. The van der Waals surface area contributed by atoms with Gasteiger partial charge in [0.25, 0.3) is 0 Å². The molecule has 0 spiro atoms. The van der Waals surface area contributed by atoms with Crippen LogP contribution in [0.25, 0.3) is 0 Å². The van der Waals surface area contributed by atoms with Crippen molar-refractivity contribution in [3.05, 3.63) is 98.6 Å². The third kappa shape index (κ3) is 15.5. The van der Waals surface area contributed by atoms with Crippen LogP contribution in [0.4, 0.5) is 35.1 Å². The number of benzene rings is 3. The second kappa shape index (κ2) is 24.8. The van der Waals surface area contributed by atoms with Gasteiger partial charge in [0.05, 0.1) is 16.9 Å². The molecule has 0 saturated heterocycles. The van der Waals surface area contributed by atoms with Crippen molar-refractivity contribution in [1.29, 1.82) is 0 Å². The van der Waals surface area contributed by atoms with Crippen LogP contribution in [0.15, 0.2) is 48.6 Å². The van der Waals surface area contributed by atoms with Crippen LogP contribution in [-0.4, -0.2) is 18.8 Å². The van der Waals surface area contributed by atoms with E-state index in [1.165, 1.54) is 75.9 Å². The Morgan fingerprint density at radius 1 is 0.532 bits per heavy atom. The number of ether oxygens (including phenoxy) is 3. The van der Waals surface area contributed by atoms with E-state index in [4.69, 9.17) is 32.7 Å². The maximum atomic E-state index is 14.1. The number of rotatable bonds is 10. The van der Waals surface area contributed by atoms with Crippen LogP contribution in [0, 0.1) is 79.5 Å². The molecule has 0 aliphatic heterocycles. The standard InChI is InChI=1S/C17H22F2O.2C15H18ClF3O.2CH4.3H2/c1-12-5-8-14(9-6-12)4-3-11-20-15-10-7-13(2)16(18)17(15)19;1-9-3-6-11(7-4-9)15(18,19)20-12-8-5-10(2)14(17)13(12)16;1-9-3-6-11(7-4-9)15(18,19)20-12-8-5-10(2)13(16)14(12)17;;;;;/h3-4,7,10,12,14H,5-6,8-9,11H2,1-2H3;2*5,8-9,11H,3-4,6-7H2,1-2H3;2*1H4;3*1H/b4-3+;;;;;;;. The fourth-order valence-electron chi connectivity index (χ4n) is 7.67. The molecule has 3 nitrogen and oxygen atoms in total. The molecule has 6 rings (SSSR count). The summed E-state index contributed by atoms with van der Waals surface area (Å²) < 4.78 is 125. The van der Waals surface area contributed by atoms with E-state index in [0.717, 1.165) is 31.6 Å². The third-order valence-corrected chi connectivity index (χ3v) is 12.8. The number of alkyl halides is 4. The molecule has 0 aromatic heterocycles. The molecule has 3 fully saturated rings. The average molecular weight is 932 g/mol. The topological polar surface area (TPSA) is 27.7 Å². The molecule has 0 N–H and O–H groups in total. The monoisotopic (exact) mass is 930 g/mol. The van der Waals surface area contributed by atoms with Gasteiger partial charge >= 0.3 is 12.2 Å². The molecular weight excluding hydrogens is 859 g/mol. The maximum Gasteiger partial charge on any atom is 0.400 e. The maximum absolute atomic E-state index is 14.1. The Kier molecular flexibility index (Phi) is 22.0. The van der Waals surface area contributed by atoms with Crippen molar-refractivity contribution in [3.8, 4) is 17.2 Å². The van der Waals surface area contributed by atoms with Crippen molar-refractivity contribution in [1.82, 2.24) is 0 Å². The van der Waals surface area contributed by atoms with Gasteiger partial charge in [-0.15, -0.1) is 0 Å². The van der Waals surface area contributed by atoms with E-state index < -0.39 is 53.1 Å². The first-order valence-electron chi connectivity index (χ1n) is 21.0. The van der Waals surface area contributed by atoms with Crippen LogP contribution < -0.4 is 14.2 Å². The third-order valence-electron chi connectivity index (χ3n) is 12.0. The Balaban J connectivity index is 0. The van der Waals surface area contributed by atoms with Gasteiger partial charge in [-0.05, 0) is 118 Å². The molecule has 3 aliphatic carbocycles. The van der Waals surface area contributed by atoms with Gasteiger partial charge in [-0.1, -0.05) is 128 Å². The van der Waals surface area contributed by atoms with Crippen molar-refractivity contribution in [2.24, 2.45) is 35.5 Å². The largest absolute Gasteiger partial charge is 0.486 e. The van der Waals surface area contributed by atoms with Crippen molar-refractivity contribution >= 4 is 23.2 Å². The molecule has 0 amide bonds. The van der Waals surface area contributed by atoms with Crippen LogP contribution in [0.1, 0.15) is 134 Å². The van der Waals surface area contributed by atoms with Crippen molar-refractivity contribution in [2.45, 2.75) is 146 Å². The van der Waals surface area contributed by atoms with Gasteiger partial charge in [-0.25, -0.2) is 13.2 Å². The highest BCUT2D eigenvalue weighted by Gasteiger charge is 2.45. The minimum Gasteiger partial charge on any atom is -0.486 e. The summed E-state index contributed by atoms with van der Waals surface area (Å²) in [4.78, 5) is 0. The lowest BCUT2D eigenvalue weighted by molar-refractivity contribution is -0.224. The first-order valence-corrected chi connectivity index (χ1v) is 21.7. The van der Waals surface area contributed by atoms with Gasteiger partial charge < -0.3 is 14.2 Å². The molecule has 3 aromatic rings. The second-order valence-corrected chi connectivity index (χ2v) is 17.8. The second-order valence-electron chi connectivity index (χ2n) is 17.0. The molecule has 0 radical (unpaired) electrons. The van der Waals surface area contributed by atoms with Gasteiger partial charge in [0.1, 0.15) is 23.2 Å². The van der Waals surface area contributed by atoms with E-state index in [1.54, 1.807) is 6.92 Å². The molecule has 0 unspecified atom stereocenters. The number of hydrogen-bond donors (Lipinski definition) is 0. The summed E-state index contributed by atoms with van der Waals surface area (Å²) in [7, 11) is 0. The molecule has 0 atom stereocenters. The minimum absolute atomic E-state index is 0. The van der Waals surface area contributed by atoms with Crippen LogP contribution in [0.3, 0.4) is 0 Å². The van der Waals surface area contributed by atoms with Crippen LogP contribution >= 0.6 is 23.2 Å². The van der Waals surface area contributed by atoms with E-state index in [0.29, 0.717) is 60.1 Å². The number of hydrogen-bond acceptors (Lipinski definition) is 3. The Labute approximate surface area is 379 Å². The van der Waals surface area contributed by atoms with Gasteiger partial charge in [0.15, 0.2) is 23.1 Å². The van der Waals surface area contributed by atoms with E-state index in [-0.39, 0.29) is 47.3 Å². The van der Waals surface area contributed by atoms with Crippen LogP contribution in [0.5, 0.6) is 17.2 Å². The van der Waals surface area contributed by atoms with Gasteiger partial charge in [-0.2, -0.15) is 22.0 Å². The summed E-state index contributed by atoms with van der Waals surface area (Å²) in [6.07, 6.45) is 7.01. The SMILES string of the molecule is C.C.Cc1ccc(OC(F)(F)C2CCC(C)CC2)c(Cl)c1F.Cc1ccc(OC(F)(F)C2CCC(C)CC2)c(F)c1Cl.Cc1ccc(OC/C=C/C2CCC(C)CC2)c(F)c1F.[HH].[HH].[HH]. The molecule has 62 heavy (non-hydrogen) atoms. The lowest BCUT2D eigenvalue weighted by Gasteiger charge is -2.32. The Morgan fingerprint density at radius 3 is 1.44 bits per heavy atom. The summed E-state index contributed by atoms with van der Waals surface area (Å²) in [5, 5.41) is -0.551. The summed E-state index contributed by atoms with van der Waals surface area (Å²) >= 11 is 11.4. The lowest BCUT2D eigenvalue weighted by atomic mass is 9.82. The van der Waals surface area contributed by atoms with Gasteiger partial charge in [-0.3, -0.25) is 0 Å². The summed E-state index contributed by atoms with van der Waals surface area (Å²) in [6.45, 7) is 11.3. The average Bonchev–Trinajstić information content (AvgIpc) is 3.21. The van der Waals surface area contributed by atoms with Crippen molar-refractivity contribution < 1.29 is 53.6 Å². The highest BCUT2D eigenvalue weighted by Crippen LogP contribution is 2.43. The van der Waals surface area contributed by atoms with E-state index in [2.05, 4.69) is 31.6 Å². The summed E-state index contributed by atoms with van der Waals surface area (Å²) in [5.41, 5.74) is 1.09. The Bertz CT molecular complexity index is 1790. The molecule has 13 heteroatoms. The van der Waals surface area contributed by atoms with Crippen molar-refractivity contribution in [2.75, 3.05) is 6.61 Å². The zero-order chi connectivity index (χ0) is 44.4. The fraction of sp³-hybridized carbons (Fsp3) is 0.592. The molecule has 3 aromatic carbocycles. The predicted octanol–water partition coefficient (Wildman–Crippen LogP) is 18.2. The smallest absolute Gasteiger partial charge is 0.400 e. The lowest BCUT2D eigenvalue weighted by Crippen LogP contribution is -2.37. The van der Waals surface area contributed by atoms with E-state index in [9.17, 15) is 35.1 Å². The number of allylic oxidation sites excluding steroid dienone is 1. The quantitative estimate of drug-likeness (QED) is 0.150. The zero-order valence-electron chi connectivity index (χ0n) is 35.3.